The first kappa shape index (κ1) is 10.7. The van der Waals surface area contributed by atoms with Gasteiger partial charge in [0.25, 0.3) is 0 Å². The van der Waals surface area contributed by atoms with Crippen molar-refractivity contribution < 1.29 is 5.11 Å². The van der Waals surface area contributed by atoms with Crippen LogP contribution in [0.5, 0.6) is 0 Å². The molecule has 1 N–H and O–H groups in total. The van der Waals surface area contributed by atoms with Gasteiger partial charge in [-0.3, -0.25) is 0 Å². The van der Waals surface area contributed by atoms with Gasteiger partial charge in [0.2, 0.25) is 0 Å². The fourth-order valence-electron chi connectivity index (χ4n) is 0.951. The molecule has 0 saturated carbocycles. The third-order valence-corrected chi connectivity index (χ3v) is 1.61. The average Bonchev–Trinajstić information content (AvgIpc) is 1.97. The van der Waals surface area contributed by atoms with Gasteiger partial charge in [-0.05, 0) is 26.2 Å². The minimum absolute atomic E-state index is 0.0568. The highest BCUT2D eigenvalue weighted by atomic mass is 16.3. The lowest BCUT2D eigenvalue weighted by Crippen LogP contribution is -2.08. The Morgan fingerprint density at radius 3 is 2.36 bits per heavy atom. The smallest absolute Gasteiger partial charge is 0.0577 e. The summed E-state index contributed by atoms with van der Waals surface area (Å²) >= 11 is 0. The molecule has 1 heteroatoms. The number of aliphatic hydroxyl groups is 1. The van der Waals surface area contributed by atoms with Crippen LogP contribution in [0.25, 0.3) is 0 Å². The predicted molar refractivity (Wildman–Crippen MR) is 49.6 cm³/mol. The van der Waals surface area contributed by atoms with Crippen LogP contribution in [0.3, 0.4) is 0 Å². The first-order valence-corrected chi connectivity index (χ1v) is 4.54. The maximum absolute atomic E-state index is 8.98. The molecule has 0 saturated heterocycles. The van der Waals surface area contributed by atoms with E-state index >= 15 is 0 Å². The van der Waals surface area contributed by atoms with E-state index in [4.69, 9.17) is 5.11 Å². The summed E-state index contributed by atoms with van der Waals surface area (Å²) in [5.41, 5.74) is 1.43. The van der Waals surface area contributed by atoms with E-state index < -0.39 is 0 Å². The summed E-state index contributed by atoms with van der Waals surface area (Å²) in [5.74, 6) is 0. The zero-order valence-corrected chi connectivity index (χ0v) is 7.93. The number of allylic oxidation sites excluding steroid dienone is 1. The summed E-state index contributed by atoms with van der Waals surface area (Å²) in [4.78, 5) is 0. The van der Waals surface area contributed by atoms with Crippen LogP contribution in [0, 0.1) is 0 Å². The summed E-state index contributed by atoms with van der Waals surface area (Å²) < 4.78 is 0. The third kappa shape index (κ3) is 6.11. The topological polar surface area (TPSA) is 20.2 Å². The van der Waals surface area contributed by atoms with Gasteiger partial charge in [0.05, 0.1) is 6.10 Å². The second-order valence-electron chi connectivity index (χ2n) is 3.19. The van der Waals surface area contributed by atoms with Crippen LogP contribution in [-0.4, -0.2) is 11.2 Å². The second kappa shape index (κ2) is 6.41. The van der Waals surface area contributed by atoms with Crippen molar-refractivity contribution in [3.63, 3.8) is 0 Å². The van der Waals surface area contributed by atoms with E-state index in [2.05, 4.69) is 26.8 Å². The highest BCUT2D eigenvalue weighted by molar-refractivity contribution is 5.02. The van der Waals surface area contributed by atoms with E-state index in [9.17, 15) is 0 Å². The van der Waals surface area contributed by atoms with E-state index in [1.54, 1.807) is 0 Å². The molecule has 0 fully saturated rings. The van der Waals surface area contributed by atoms with Crippen LogP contribution in [0.4, 0.5) is 0 Å². The molecule has 0 aromatic heterocycles. The van der Waals surface area contributed by atoms with Crippen LogP contribution in [-0.2, 0) is 0 Å². The van der Waals surface area contributed by atoms with Crippen molar-refractivity contribution in [1.29, 1.82) is 0 Å². The van der Waals surface area contributed by atoms with Crippen LogP contribution < -0.4 is 0 Å². The van der Waals surface area contributed by atoms with Gasteiger partial charge in [-0.15, -0.1) is 0 Å². The third-order valence-electron chi connectivity index (χ3n) is 1.61. The largest absolute Gasteiger partial charge is 0.393 e. The van der Waals surface area contributed by atoms with Gasteiger partial charge in [0.15, 0.2) is 0 Å². The number of aliphatic hydroxyl groups excluding tert-OH is 1. The molecule has 1 nitrogen and oxygen atoms in total. The summed E-state index contributed by atoms with van der Waals surface area (Å²) in [5, 5.41) is 8.98. The fourth-order valence-corrected chi connectivity index (χ4v) is 0.951. The molecule has 1 aliphatic carbocycles. The van der Waals surface area contributed by atoms with Crippen LogP contribution in [0.2, 0.25) is 0 Å². The molecule has 0 bridgehead atoms. The fraction of sp³-hybridized carbons (Fsp3) is 0.800. The molecule has 1 aliphatic rings. The summed E-state index contributed by atoms with van der Waals surface area (Å²) in [7, 11) is 0. The Morgan fingerprint density at radius 2 is 2.09 bits per heavy atom. The van der Waals surface area contributed by atoms with Crippen LogP contribution >= 0.6 is 0 Å². The van der Waals surface area contributed by atoms with Crippen molar-refractivity contribution in [2.24, 2.45) is 0 Å². The Balaban J connectivity index is 0.000000292. The van der Waals surface area contributed by atoms with E-state index in [0.29, 0.717) is 0 Å². The van der Waals surface area contributed by atoms with Crippen LogP contribution in [0.1, 0.15) is 46.5 Å². The number of hydrogen-bond acceptors (Lipinski definition) is 1. The van der Waals surface area contributed by atoms with Gasteiger partial charge < -0.3 is 5.11 Å². The lowest BCUT2D eigenvalue weighted by atomic mass is 9.99. The maximum Gasteiger partial charge on any atom is 0.0577 e. The van der Waals surface area contributed by atoms with Crippen molar-refractivity contribution >= 4 is 0 Å². The van der Waals surface area contributed by atoms with Gasteiger partial charge in [0.1, 0.15) is 0 Å². The van der Waals surface area contributed by atoms with Gasteiger partial charge in [-0.25, -0.2) is 0 Å². The minimum atomic E-state index is -0.0568. The lowest BCUT2D eigenvalue weighted by Gasteiger charge is -2.13. The molecule has 11 heavy (non-hydrogen) atoms. The average molecular weight is 156 g/mol. The van der Waals surface area contributed by atoms with Crippen molar-refractivity contribution in [1.82, 2.24) is 0 Å². The molecule has 0 aliphatic heterocycles. The highest BCUT2D eigenvalue weighted by Crippen LogP contribution is 2.16. The van der Waals surface area contributed by atoms with Gasteiger partial charge in [0, 0.05) is 0 Å². The molecular weight excluding hydrogens is 136 g/mol. The summed E-state index contributed by atoms with van der Waals surface area (Å²) in [6.07, 6.45) is 6.22. The first-order valence-electron chi connectivity index (χ1n) is 4.54. The molecule has 1 rings (SSSR count). The quantitative estimate of drug-likeness (QED) is 0.535. The predicted octanol–water partition coefficient (Wildman–Crippen LogP) is 2.89. The van der Waals surface area contributed by atoms with E-state index in [-0.39, 0.29) is 6.10 Å². The van der Waals surface area contributed by atoms with Crippen LogP contribution in [0.15, 0.2) is 11.6 Å². The molecule has 1 atom stereocenters. The highest BCUT2D eigenvalue weighted by Gasteiger charge is 2.06. The van der Waals surface area contributed by atoms with Crippen molar-refractivity contribution in [3.05, 3.63) is 11.6 Å². The molecule has 0 heterocycles. The Morgan fingerprint density at radius 1 is 1.55 bits per heavy atom. The monoisotopic (exact) mass is 156 g/mol. The number of hydrogen-bond donors (Lipinski definition) is 1. The van der Waals surface area contributed by atoms with Gasteiger partial charge in [-0.1, -0.05) is 31.9 Å². The molecule has 0 spiro atoms. The minimum Gasteiger partial charge on any atom is -0.393 e. The standard InChI is InChI=1S/C7H12O.C3H8/c1-6-2-4-7(8)5-3-6;1-3-2/h2,7-8H,3-5H2,1H3;3H2,1-2H3. The van der Waals surface area contributed by atoms with E-state index in [1.807, 2.05) is 0 Å². The van der Waals surface area contributed by atoms with Gasteiger partial charge >= 0.3 is 0 Å². The van der Waals surface area contributed by atoms with Gasteiger partial charge in [-0.2, -0.15) is 0 Å². The molecule has 1 unspecified atom stereocenters. The van der Waals surface area contributed by atoms with Crippen molar-refractivity contribution in [2.75, 3.05) is 0 Å². The SMILES string of the molecule is CC1=CCC(O)CC1.CCC. The van der Waals surface area contributed by atoms with Crippen molar-refractivity contribution in [3.8, 4) is 0 Å². The molecule has 0 amide bonds. The summed E-state index contributed by atoms with van der Waals surface area (Å²) in [6.45, 7) is 6.37. The Bertz CT molecular complexity index is 116. The number of rotatable bonds is 0. The molecule has 0 aromatic rings. The normalized spacial score (nSPS) is 23.3. The molecule has 66 valence electrons. The first-order chi connectivity index (χ1) is 5.20. The van der Waals surface area contributed by atoms with E-state index in [0.717, 1.165) is 19.3 Å². The Kier molecular flexibility index (Phi) is 6.24. The zero-order valence-electron chi connectivity index (χ0n) is 7.93. The Hall–Kier alpha value is -0.300. The second-order valence-corrected chi connectivity index (χ2v) is 3.19. The molecule has 0 radical (unpaired) electrons. The zero-order chi connectivity index (χ0) is 8.69. The lowest BCUT2D eigenvalue weighted by molar-refractivity contribution is 0.162. The molecular formula is C10H20O. The summed E-state index contributed by atoms with van der Waals surface area (Å²) in [6, 6.07) is 0. The van der Waals surface area contributed by atoms with E-state index in [1.165, 1.54) is 12.0 Å². The van der Waals surface area contributed by atoms with Crippen molar-refractivity contribution in [2.45, 2.75) is 52.6 Å². The maximum atomic E-state index is 8.98. The molecule has 0 aromatic carbocycles. The Labute approximate surface area is 70.1 Å².